The lowest BCUT2D eigenvalue weighted by atomic mass is 10.1. The van der Waals surface area contributed by atoms with Crippen molar-refractivity contribution in [1.82, 2.24) is 5.43 Å². The first-order valence-corrected chi connectivity index (χ1v) is 10.9. The minimum atomic E-state index is -0.551. The van der Waals surface area contributed by atoms with Gasteiger partial charge in [0.1, 0.15) is 12.4 Å². The lowest BCUT2D eigenvalue weighted by Gasteiger charge is -2.12. The number of nitrogens with one attached hydrogen (secondary N) is 1. The molecule has 0 heterocycles. The molecule has 0 bridgehead atoms. The first kappa shape index (κ1) is 24.2. The summed E-state index contributed by atoms with van der Waals surface area (Å²) in [5, 5.41) is 17.4. The van der Waals surface area contributed by atoms with Crippen molar-refractivity contribution in [3.63, 3.8) is 0 Å². The van der Waals surface area contributed by atoms with Gasteiger partial charge >= 0.3 is 0 Å². The number of hydrogen-bond acceptors (Lipinski definition) is 7. The van der Waals surface area contributed by atoms with Crippen LogP contribution in [-0.2, 0) is 6.61 Å². The van der Waals surface area contributed by atoms with Crippen LogP contribution in [0.3, 0.4) is 0 Å². The molecule has 1 N–H and O–H groups in total. The van der Waals surface area contributed by atoms with Crippen molar-refractivity contribution in [3.8, 4) is 17.2 Å². The number of benzene rings is 4. The summed E-state index contributed by atoms with van der Waals surface area (Å²) in [7, 11) is 2.91. The summed E-state index contributed by atoms with van der Waals surface area (Å²) in [5.41, 5.74) is 3.48. The molecular weight excluding hydrogens is 462 g/mol. The van der Waals surface area contributed by atoms with Crippen LogP contribution in [-0.4, -0.2) is 31.3 Å². The third-order valence-corrected chi connectivity index (χ3v) is 5.43. The van der Waals surface area contributed by atoms with Gasteiger partial charge in [0.05, 0.1) is 42.6 Å². The molecule has 0 aliphatic rings. The smallest absolute Gasteiger partial charge is 0.282 e. The van der Waals surface area contributed by atoms with Gasteiger partial charge in [-0.05, 0) is 34.5 Å². The van der Waals surface area contributed by atoms with Crippen LogP contribution in [0.15, 0.2) is 84.0 Å². The molecule has 36 heavy (non-hydrogen) atoms. The van der Waals surface area contributed by atoms with E-state index >= 15 is 0 Å². The van der Waals surface area contributed by atoms with Gasteiger partial charge in [-0.25, -0.2) is 5.43 Å². The number of methoxy groups -OCH3 is 2. The Morgan fingerprint density at radius 3 is 2.25 bits per heavy atom. The van der Waals surface area contributed by atoms with Crippen LogP contribution >= 0.6 is 0 Å². The van der Waals surface area contributed by atoms with Crippen LogP contribution in [0.1, 0.15) is 21.5 Å². The molecule has 4 rings (SSSR count). The fraction of sp³-hybridized carbons (Fsp3) is 0.111. The standard InChI is InChI=1S/C27H23N3O6/c1-34-24-13-20-11-7-6-10-19(20)12-22(24)27(31)29-28-16-21-14-25(35-2)26(15-23(21)30(32)33)36-17-18-8-4-3-5-9-18/h3-16H,17H2,1-2H3,(H,29,31). The van der Waals surface area contributed by atoms with Gasteiger partial charge < -0.3 is 14.2 Å². The molecule has 0 aromatic heterocycles. The number of rotatable bonds is 9. The molecule has 0 radical (unpaired) electrons. The van der Waals surface area contributed by atoms with Crippen molar-refractivity contribution in [2.75, 3.05) is 14.2 Å². The maximum atomic E-state index is 12.8. The molecule has 0 atom stereocenters. The van der Waals surface area contributed by atoms with Gasteiger partial charge in [0, 0.05) is 0 Å². The lowest BCUT2D eigenvalue weighted by molar-refractivity contribution is -0.385. The largest absolute Gasteiger partial charge is 0.496 e. The van der Waals surface area contributed by atoms with E-state index in [9.17, 15) is 14.9 Å². The summed E-state index contributed by atoms with van der Waals surface area (Å²) in [4.78, 5) is 24.0. The normalized spacial score (nSPS) is 10.8. The van der Waals surface area contributed by atoms with Crippen molar-refractivity contribution in [2.45, 2.75) is 6.61 Å². The van der Waals surface area contributed by atoms with Crippen LogP contribution in [0, 0.1) is 10.1 Å². The van der Waals surface area contributed by atoms with E-state index < -0.39 is 10.8 Å². The highest BCUT2D eigenvalue weighted by Gasteiger charge is 2.19. The Labute approximate surface area is 207 Å². The molecule has 182 valence electrons. The molecular formula is C27H23N3O6. The fourth-order valence-electron chi connectivity index (χ4n) is 3.62. The molecule has 4 aromatic rings. The Kier molecular flexibility index (Phi) is 7.40. The summed E-state index contributed by atoms with van der Waals surface area (Å²) in [6.07, 6.45) is 1.19. The predicted octanol–water partition coefficient (Wildman–Crippen LogP) is 5.11. The Morgan fingerprint density at radius 1 is 0.917 bits per heavy atom. The Bertz CT molecular complexity index is 1440. The van der Waals surface area contributed by atoms with Crippen LogP contribution in [0.5, 0.6) is 17.2 Å². The zero-order valence-corrected chi connectivity index (χ0v) is 19.6. The third-order valence-electron chi connectivity index (χ3n) is 5.43. The second-order valence-electron chi connectivity index (χ2n) is 7.69. The quantitative estimate of drug-likeness (QED) is 0.200. The number of fused-ring (bicyclic) bond motifs is 1. The average molecular weight is 485 g/mol. The molecule has 9 nitrogen and oxygen atoms in total. The molecule has 0 saturated carbocycles. The van der Waals surface area contributed by atoms with E-state index in [1.165, 1.54) is 32.6 Å². The molecule has 0 saturated heterocycles. The highest BCUT2D eigenvalue weighted by atomic mass is 16.6. The number of ether oxygens (including phenoxy) is 3. The van der Waals surface area contributed by atoms with Crippen LogP contribution in [0.2, 0.25) is 0 Å². The summed E-state index contributed by atoms with van der Waals surface area (Å²) in [5.74, 6) is 0.371. The van der Waals surface area contributed by atoms with E-state index in [0.29, 0.717) is 11.5 Å². The summed E-state index contributed by atoms with van der Waals surface area (Å²) < 4.78 is 16.5. The van der Waals surface area contributed by atoms with Gasteiger partial charge in [-0.1, -0.05) is 54.6 Å². The molecule has 0 unspecified atom stereocenters. The summed E-state index contributed by atoms with van der Waals surface area (Å²) in [6.45, 7) is 0.214. The molecule has 0 fully saturated rings. The van der Waals surface area contributed by atoms with E-state index in [-0.39, 0.29) is 29.2 Å². The number of hydrazone groups is 1. The molecule has 1 amide bonds. The topological polar surface area (TPSA) is 112 Å². The maximum absolute atomic E-state index is 12.8. The monoisotopic (exact) mass is 485 g/mol. The third kappa shape index (κ3) is 5.41. The first-order chi connectivity index (χ1) is 17.5. The second kappa shape index (κ2) is 11.0. The molecule has 4 aromatic carbocycles. The van der Waals surface area contributed by atoms with E-state index in [0.717, 1.165) is 16.3 Å². The first-order valence-electron chi connectivity index (χ1n) is 10.9. The number of amides is 1. The van der Waals surface area contributed by atoms with Crippen LogP contribution < -0.4 is 19.6 Å². The molecule has 0 aliphatic carbocycles. The zero-order valence-electron chi connectivity index (χ0n) is 19.6. The van der Waals surface area contributed by atoms with Crippen LogP contribution in [0.25, 0.3) is 10.8 Å². The van der Waals surface area contributed by atoms with Gasteiger partial charge in [0.25, 0.3) is 11.6 Å². The average Bonchev–Trinajstić information content (AvgIpc) is 2.91. The number of nitrogens with zero attached hydrogens (tertiary/aromatic N) is 2. The van der Waals surface area contributed by atoms with Gasteiger partial charge in [0.2, 0.25) is 0 Å². The number of nitro groups is 1. The Hall–Kier alpha value is -4.92. The van der Waals surface area contributed by atoms with Gasteiger partial charge in [-0.2, -0.15) is 5.10 Å². The zero-order chi connectivity index (χ0) is 25.5. The molecule has 0 spiro atoms. The van der Waals surface area contributed by atoms with Crippen molar-refractivity contribution in [1.29, 1.82) is 0 Å². The number of carbonyl (C=O) groups is 1. The number of carbonyl (C=O) groups excluding carboxylic acids is 1. The van der Waals surface area contributed by atoms with E-state index in [1.54, 1.807) is 12.1 Å². The van der Waals surface area contributed by atoms with Crippen molar-refractivity contribution < 1.29 is 23.9 Å². The highest BCUT2D eigenvalue weighted by molar-refractivity contribution is 6.02. The van der Waals surface area contributed by atoms with Gasteiger partial charge in [-0.15, -0.1) is 0 Å². The highest BCUT2D eigenvalue weighted by Crippen LogP contribution is 2.34. The van der Waals surface area contributed by atoms with Gasteiger partial charge in [-0.3, -0.25) is 14.9 Å². The van der Waals surface area contributed by atoms with Crippen molar-refractivity contribution in [3.05, 3.63) is 106 Å². The number of nitro benzene ring substituents is 1. The minimum Gasteiger partial charge on any atom is -0.496 e. The predicted molar refractivity (Wildman–Crippen MR) is 136 cm³/mol. The van der Waals surface area contributed by atoms with Crippen LogP contribution in [0.4, 0.5) is 5.69 Å². The van der Waals surface area contributed by atoms with E-state index in [2.05, 4.69) is 10.5 Å². The lowest BCUT2D eigenvalue weighted by Crippen LogP contribution is -2.18. The Balaban J connectivity index is 1.56. The summed E-state index contributed by atoms with van der Waals surface area (Å²) >= 11 is 0. The SMILES string of the molecule is COc1cc(C=NNC(=O)c2cc3ccccc3cc2OC)c([N+](=O)[O-])cc1OCc1ccccc1. The van der Waals surface area contributed by atoms with Crippen molar-refractivity contribution in [2.24, 2.45) is 5.10 Å². The number of hydrogen-bond donors (Lipinski definition) is 1. The van der Waals surface area contributed by atoms with Crippen molar-refractivity contribution >= 4 is 28.6 Å². The second-order valence-corrected chi connectivity index (χ2v) is 7.69. The Morgan fingerprint density at radius 2 is 1.58 bits per heavy atom. The van der Waals surface area contributed by atoms with E-state index in [1.807, 2.05) is 54.6 Å². The summed E-state index contributed by atoms with van der Waals surface area (Å²) in [6, 6.07) is 23.1. The van der Waals surface area contributed by atoms with E-state index in [4.69, 9.17) is 14.2 Å². The maximum Gasteiger partial charge on any atom is 0.282 e. The molecule has 0 aliphatic heterocycles. The van der Waals surface area contributed by atoms with Gasteiger partial charge in [0.15, 0.2) is 11.5 Å². The molecule has 9 heteroatoms. The fourth-order valence-corrected chi connectivity index (χ4v) is 3.62. The minimum absolute atomic E-state index is 0.134.